The number of nitrogens with zero attached hydrogens (tertiary/aromatic N) is 1. The molecule has 96 valence electrons. The Hall–Kier alpha value is -1.92. The molecule has 0 fully saturated rings. The molecule has 0 heterocycles. The van der Waals surface area contributed by atoms with Crippen molar-refractivity contribution in [3.63, 3.8) is 0 Å². The maximum atomic E-state index is 12.4. The topological polar surface area (TPSA) is 40.9 Å². The highest BCUT2D eigenvalue weighted by Crippen LogP contribution is 2.18. The first-order chi connectivity index (χ1) is 9.10. The molecule has 0 saturated carbocycles. The Kier molecular flexibility index (Phi) is 4.13. The molecular weight excluding hydrogens is 254 g/mol. The van der Waals surface area contributed by atoms with Gasteiger partial charge in [0.1, 0.15) is 0 Å². The quantitative estimate of drug-likeness (QED) is 0.856. The second-order valence-electron chi connectivity index (χ2n) is 4.57. The largest absolute Gasteiger partial charge is 0.254 e. The number of hydrogen-bond acceptors (Lipinski definition) is 2. The standard InChI is InChI=1S/C16H15NOS/c1-12-3-4-13(2)16(9-12)19(18)11-15-7-5-14(10-17)6-8-15/h3-9H,11H2,1-2H3. The van der Waals surface area contributed by atoms with Crippen molar-refractivity contribution < 1.29 is 4.21 Å². The molecule has 0 aliphatic heterocycles. The smallest absolute Gasteiger partial charge is 0.0991 e. The first-order valence-corrected chi connectivity index (χ1v) is 7.36. The fourth-order valence-corrected chi connectivity index (χ4v) is 3.25. The molecule has 0 amide bonds. The lowest BCUT2D eigenvalue weighted by molar-refractivity contribution is 0.682. The fraction of sp³-hybridized carbons (Fsp3) is 0.188. The third kappa shape index (κ3) is 3.30. The zero-order chi connectivity index (χ0) is 13.8. The van der Waals surface area contributed by atoms with Crippen LogP contribution in [0.15, 0.2) is 47.4 Å². The minimum Gasteiger partial charge on any atom is -0.254 e. The Labute approximate surface area is 116 Å². The molecule has 0 saturated heterocycles. The van der Waals surface area contributed by atoms with Gasteiger partial charge < -0.3 is 0 Å². The van der Waals surface area contributed by atoms with Crippen molar-refractivity contribution in [3.8, 4) is 6.07 Å². The van der Waals surface area contributed by atoms with E-state index in [0.29, 0.717) is 11.3 Å². The van der Waals surface area contributed by atoms with Gasteiger partial charge in [-0.05, 0) is 48.7 Å². The van der Waals surface area contributed by atoms with E-state index in [1.165, 1.54) is 0 Å². The fourth-order valence-electron chi connectivity index (χ4n) is 1.86. The molecule has 19 heavy (non-hydrogen) atoms. The monoisotopic (exact) mass is 269 g/mol. The van der Waals surface area contributed by atoms with Gasteiger partial charge in [-0.15, -0.1) is 0 Å². The summed E-state index contributed by atoms with van der Waals surface area (Å²) < 4.78 is 12.4. The van der Waals surface area contributed by atoms with Crippen LogP contribution in [0.25, 0.3) is 0 Å². The van der Waals surface area contributed by atoms with Crippen LogP contribution < -0.4 is 0 Å². The van der Waals surface area contributed by atoms with Crippen molar-refractivity contribution in [2.75, 3.05) is 0 Å². The van der Waals surface area contributed by atoms with E-state index in [2.05, 4.69) is 6.07 Å². The molecule has 2 nitrogen and oxygen atoms in total. The molecule has 0 aliphatic carbocycles. The minimum atomic E-state index is -1.05. The van der Waals surface area contributed by atoms with E-state index in [-0.39, 0.29) is 0 Å². The van der Waals surface area contributed by atoms with Gasteiger partial charge in [-0.3, -0.25) is 4.21 Å². The van der Waals surface area contributed by atoms with Crippen LogP contribution in [0.2, 0.25) is 0 Å². The number of hydrogen-bond donors (Lipinski definition) is 0. The van der Waals surface area contributed by atoms with Crippen LogP contribution in [0.5, 0.6) is 0 Å². The maximum Gasteiger partial charge on any atom is 0.0991 e. The zero-order valence-electron chi connectivity index (χ0n) is 11.0. The van der Waals surface area contributed by atoms with Crippen LogP contribution in [-0.2, 0) is 16.6 Å². The lowest BCUT2D eigenvalue weighted by Crippen LogP contribution is -1.99. The first-order valence-electron chi connectivity index (χ1n) is 6.05. The van der Waals surface area contributed by atoms with E-state index < -0.39 is 10.8 Å². The Bertz CT molecular complexity index is 653. The molecule has 3 heteroatoms. The average Bonchev–Trinajstić information content (AvgIpc) is 2.42. The van der Waals surface area contributed by atoms with E-state index in [9.17, 15) is 4.21 Å². The third-order valence-electron chi connectivity index (χ3n) is 2.97. The molecule has 2 rings (SSSR count). The van der Waals surface area contributed by atoms with Gasteiger partial charge in [0.25, 0.3) is 0 Å². The van der Waals surface area contributed by atoms with Gasteiger partial charge in [-0.2, -0.15) is 5.26 Å². The van der Waals surface area contributed by atoms with E-state index in [0.717, 1.165) is 21.6 Å². The Morgan fingerprint density at radius 1 is 1.11 bits per heavy atom. The highest BCUT2D eigenvalue weighted by molar-refractivity contribution is 7.84. The SMILES string of the molecule is Cc1ccc(C)c(S(=O)Cc2ccc(C#N)cc2)c1. The van der Waals surface area contributed by atoms with Crippen LogP contribution in [-0.4, -0.2) is 4.21 Å². The predicted octanol–water partition coefficient (Wildman–Crippen LogP) is 3.48. The van der Waals surface area contributed by atoms with Crippen molar-refractivity contribution >= 4 is 10.8 Å². The predicted molar refractivity (Wildman–Crippen MR) is 77.2 cm³/mol. The summed E-state index contributed by atoms with van der Waals surface area (Å²) in [5.74, 6) is 0.482. The number of aryl methyl sites for hydroxylation is 2. The molecule has 0 bridgehead atoms. The summed E-state index contributed by atoms with van der Waals surface area (Å²) in [6, 6.07) is 15.3. The molecule has 0 spiro atoms. The van der Waals surface area contributed by atoms with Crippen LogP contribution in [0, 0.1) is 25.2 Å². The van der Waals surface area contributed by atoms with Crippen LogP contribution >= 0.6 is 0 Å². The molecular formula is C16H15NOS. The molecule has 0 aromatic heterocycles. The number of nitriles is 1. The Morgan fingerprint density at radius 3 is 2.42 bits per heavy atom. The number of rotatable bonds is 3. The second-order valence-corrected chi connectivity index (χ2v) is 5.99. The summed E-state index contributed by atoms with van der Waals surface area (Å²) >= 11 is 0. The molecule has 1 unspecified atom stereocenters. The normalized spacial score (nSPS) is 11.8. The maximum absolute atomic E-state index is 12.4. The highest BCUT2D eigenvalue weighted by Gasteiger charge is 2.08. The molecule has 1 atom stereocenters. The first kappa shape index (κ1) is 13.5. The molecule has 0 aliphatic rings. The number of benzene rings is 2. The van der Waals surface area contributed by atoms with E-state index in [1.807, 2.05) is 44.2 Å². The molecule has 0 radical (unpaired) electrons. The Morgan fingerprint density at radius 2 is 1.79 bits per heavy atom. The van der Waals surface area contributed by atoms with Gasteiger partial charge in [0.15, 0.2) is 0 Å². The van der Waals surface area contributed by atoms with Crippen molar-refractivity contribution in [2.45, 2.75) is 24.5 Å². The summed E-state index contributed by atoms with van der Waals surface area (Å²) in [5.41, 5.74) is 3.78. The third-order valence-corrected chi connectivity index (χ3v) is 4.50. The van der Waals surface area contributed by atoms with Crippen molar-refractivity contribution in [2.24, 2.45) is 0 Å². The zero-order valence-corrected chi connectivity index (χ0v) is 11.8. The second kappa shape index (κ2) is 5.81. The van der Waals surface area contributed by atoms with Gasteiger partial charge in [0.05, 0.1) is 28.2 Å². The van der Waals surface area contributed by atoms with Gasteiger partial charge >= 0.3 is 0 Å². The van der Waals surface area contributed by atoms with Crippen molar-refractivity contribution in [1.29, 1.82) is 5.26 Å². The molecule has 0 N–H and O–H groups in total. The van der Waals surface area contributed by atoms with Gasteiger partial charge in [0, 0.05) is 4.90 Å². The van der Waals surface area contributed by atoms with Gasteiger partial charge in [-0.25, -0.2) is 0 Å². The van der Waals surface area contributed by atoms with Gasteiger partial charge in [0.2, 0.25) is 0 Å². The minimum absolute atomic E-state index is 0.482. The van der Waals surface area contributed by atoms with E-state index in [4.69, 9.17) is 5.26 Å². The summed E-state index contributed by atoms with van der Waals surface area (Å²) in [4.78, 5) is 0.893. The molecule has 2 aromatic carbocycles. The lowest BCUT2D eigenvalue weighted by atomic mass is 10.2. The van der Waals surface area contributed by atoms with Crippen molar-refractivity contribution in [1.82, 2.24) is 0 Å². The molecule has 2 aromatic rings. The van der Waals surface area contributed by atoms with Gasteiger partial charge in [-0.1, -0.05) is 24.3 Å². The average molecular weight is 269 g/mol. The van der Waals surface area contributed by atoms with E-state index in [1.54, 1.807) is 12.1 Å². The summed E-state index contributed by atoms with van der Waals surface area (Å²) in [6.07, 6.45) is 0. The summed E-state index contributed by atoms with van der Waals surface area (Å²) in [7, 11) is -1.05. The Balaban J connectivity index is 2.21. The van der Waals surface area contributed by atoms with Crippen LogP contribution in [0.4, 0.5) is 0 Å². The van der Waals surface area contributed by atoms with Crippen LogP contribution in [0.1, 0.15) is 22.3 Å². The van der Waals surface area contributed by atoms with E-state index >= 15 is 0 Å². The summed E-state index contributed by atoms with van der Waals surface area (Å²) in [6.45, 7) is 3.98. The highest BCUT2D eigenvalue weighted by atomic mass is 32.2. The van der Waals surface area contributed by atoms with Crippen molar-refractivity contribution in [3.05, 3.63) is 64.7 Å². The van der Waals surface area contributed by atoms with Crippen LogP contribution in [0.3, 0.4) is 0 Å². The summed E-state index contributed by atoms with van der Waals surface area (Å²) in [5, 5.41) is 8.75. The lowest BCUT2D eigenvalue weighted by Gasteiger charge is -2.07.